The summed E-state index contributed by atoms with van der Waals surface area (Å²) >= 11 is 6.10. The average molecular weight is 430 g/mol. The number of halogens is 1. The van der Waals surface area contributed by atoms with Gasteiger partial charge in [0, 0.05) is 46.0 Å². The first kappa shape index (κ1) is 19.4. The summed E-state index contributed by atoms with van der Waals surface area (Å²) in [5.74, 6) is -0.876. The summed E-state index contributed by atoms with van der Waals surface area (Å²) in [6.45, 7) is 0. The lowest BCUT2D eigenvalue weighted by atomic mass is 9.79. The Kier molecular flexibility index (Phi) is 4.75. The summed E-state index contributed by atoms with van der Waals surface area (Å²) in [4.78, 5) is 31.8. The molecule has 1 aromatic heterocycles. The lowest BCUT2D eigenvalue weighted by Crippen LogP contribution is -2.44. The van der Waals surface area contributed by atoms with E-state index in [4.69, 9.17) is 11.6 Å². The third-order valence-corrected chi connectivity index (χ3v) is 6.13. The molecule has 2 atom stereocenters. The monoisotopic (exact) mass is 429 g/mol. The zero-order valence-electron chi connectivity index (χ0n) is 16.8. The maximum Gasteiger partial charge on any atom is 0.254 e. The van der Waals surface area contributed by atoms with Gasteiger partial charge in [-0.2, -0.15) is 0 Å². The third kappa shape index (κ3) is 3.27. The Morgan fingerprint density at radius 1 is 1.00 bits per heavy atom. The van der Waals surface area contributed by atoms with Crippen LogP contribution in [-0.4, -0.2) is 28.7 Å². The van der Waals surface area contributed by atoms with Crippen LogP contribution in [-0.2, 0) is 4.79 Å². The topological polar surface area (TPSA) is 65.2 Å². The number of likely N-dealkylation sites (N-methyl/N-ethyl adjacent to an activating group) is 1. The number of carbonyl (C=O) groups excluding carboxylic acids is 2. The first-order valence-corrected chi connectivity index (χ1v) is 10.4. The number of H-pyrrole nitrogens is 1. The number of fused-ring (bicyclic) bond motifs is 2. The van der Waals surface area contributed by atoms with Gasteiger partial charge in [0.05, 0.1) is 12.0 Å². The van der Waals surface area contributed by atoms with E-state index in [1.165, 1.54) is 0 Å². The number of benzene rings is 3. The van der Waals surface area contributed by atoms with Gasteiger partial charge in [-0.15, -0.1) is 0 Å². The molecule has 0 aliphatic carbocycles. The first-order chi connectivity index (χ1) is 15.0. The first-order valence-electron chi connectivity index (χ1n) is 10.0. The van der Waals surface area contributed by atoms with Crippen molar-refractivity contribution in [2.45, 2.75) is 12.0 Å². The maximum absolute atomic E-state index is 13.6. The van der Waals surface area contributed by atoms with Crippen LogP contribution in [0.3, 0.4) is 0 Å². The largest absolute Gasteiger partial charge is 0.361 e. The molecule has 0 saturated carbocycles. The molecule has 3 aromatic carbocycles. The van der Waals surface area contributed by atoms with Gasteiger partial charge in [0.25, 0.3) is 5.91 Å². The highest BCUT2D eigenvalue weighted by atomic mass is 35.5. The van der Waals surface area contributed by atoms with Crippen molar-refractivity contribution in [2.24, 2.45) is 0 Å². The van der Waals surface area contributed by atoms with E-state index < -0.39 is 12.0 Å². The molecule has 0 spiro atoms. The van der Waals surface area contributed by atoms with E-state index in [9.17, 15) is 9.59 Å². The summed E-state index contributed by atoms with van der Waals surface area (Å²) < 4.78 is 0. The number of rotatable bonds is 3. The minimum absolute atomic E-state index is 0.0994. The second-order valence-electron chi connectivity index (χ2n) is 7.72. The zero-order valence-corrected chi connectivity index (χ0v) is 17.6. The Morgan fingerprint density at radius 2 is 1.77 bits per heavy atom. The van der Waals surface area contributed by atoms with Gasteiger partial charge in [-0.3, -0.25) is 9.59 Å². The zero-order chi connectivity index (χ0) is 21.5. The molecule has 1 aliphatic rings. The SMILES string of the molecule is CN1C(=O)c2ccccc2[C@H](C(=O)Nc2cccc(Cl)c2)[C@@H]1c1c[nH]c2ccccc12. The van der Waals surface area contributed by atoms with E-state index in [2.05, 4.69) is 10.3 Å². The number of anilines is 1. The van der Waals surface area contributed by atoms with Crippen molar-refractivity contribution in [1.29, 1.82) is 0 Å². The Labute approximate surface area is 184 Å². The number of aromatic nitrogens is 1. The number of hydrogen-bond acceptors (Lipinski definition) is 2. The Balaban J connectivity index is 1.66. The summed E-state index contributed by atoms with van der Waals surface area (Å²) in [7, 11) is 1.75. The van der Waals surface area contributed by atoms with E-state index in [1.807, 2.05) is 48.7 Å². The van der Waals surface area contributed by atoms with E-state index >= 15 is 0 Å². The molecule has 4 aromatic rings. The van der Waals surface area contributed by atoms with Crippen LogP contribution < -0.4 is 5.32 Å². The molecule has 0 fully saturated rings. The molecule has 1 aliphatic heterocycles. The molecule has 0 bridgehead atoms. The Morgan fingerprint density at radius 3 is 2.61 bits per heavy atom. The fourth-order valence-corrected chi connectivity index (χ4v) is 4.66. The number of nitrogens with zero attached hydrogens (tertiary/aromatic N) is 1. The lowest BCUT2D eigenvalue weighted by molar-refractivity contribution is -0.119. The number of aromatic amines is 1. The number of amides is 2. The van der Waals surface area contributed by atoms with Crippen molar-refractivity contribution >= 4 is 40.0 Å². The predicted molar refractivity (Wildman–Crippen MR) is 122 cm³/mol. The van der Waals surface area contributed by atoms with Crippen LogP contribution in [0.2, 0.25) is 5.02 Å². The van der Waals surface area contributed by atoms with Crippen LogP contribution in [0.1, 0.15) is 33.4 Å². The lowest BCUT2D eigenvalue weighted by Gasteiger charge is -2.39. The van der Waals surface area contributed by atoms with Crippen molar-refractivity contribution in [3.05, 3.63) is 101 Å². The summed E-state index contributed by atoms with van der Waals surface area (Å²) in [6, 6.07) is 21.8. The van der Waals surface area contributed by atoms with Crippen molar-refractivity contribution in [3.63, 3.8) is 0 Å². The van der Waals surface area contributed by atoms with Gasteiger partial charge in [-0.1, -0.05) is 54.1 Å². The van der Waals surface area contributed by atoms with Crippen molar-refractivity contribution in [3.8, 4) is 0 Å². The van der Waals surface area contributed by atoms with Gasteiger partial charge < -0.3 is 15.2 Å². The van der Waals surface area contributed by atoms with Gasteiger partial charge >= 0.3 is 0 Å². The van der Waals surface area contributed by atoms with E-state index in [-0.39, 0.29) is 11.8 Å². The predicted octanol–water partition coefficient (Wildman–Crippen LogP) is 5.37. The number of hydrogen-bond donors (Lipinski definition) is 2. The van der Waals surface area contributed by atoms with Gasteiger partial charge in [0.15, 0.2) is 0 Å². The smallest absolute Gasteiger partial charge is 0.254 e. The highest BCUT2D eigenvalue weighted by molar-refractivity contribution is 6.30. The van der Waals surface area contributed by atoms with Crippen LogP contribution >= 0.6 is 11.6 Å². The van der Waals surface area contributed by atoms with Crippen LogP contribution in [0.4, 0.5) is 5.69 Å². The van der Waals surface area contributed by atoms with Crippen LogP contribution in [0.5, 0.6) is 0 Å². The van der Waals surface area contributed by atoms with Crippen molar-refractivity contribution in [2.75, 3.05) is 12.4 Å². The summed E-state index contributed by atoms with van der Waals surface area (Å²) in [5.41, 5.74) is 3.76. The molecule has 2 amide bonds. The molecule has 2 heterocycles. The third-order valence-electron chi connectivity index (χ3n) is 5.89. The Hall–Kier alpha value is -3.57. The van der Waals surface area contributed by atoms with Crippen LogP contribution in [0.15, 0.2) is 79.0 Å². The highest BCUT2D eigenvalue weighted by Gasteiger charge is 2.43. The number of nitrogens with one attached hydrogen (secondary N) is 2. The quantitative estimate of drug-likeness (QED) is 0.459. The molecule has 0 radical (unpaired) electrons. The Bertz CT molecular complexity index is 1310. The van der Waals surface area contributed by atoms with Crippen molar-refractivity contribution in [1.82, 2.24) is 9.88 Å². The van der Waals surface area contributed by atoms with Gasteiger partial charge in [0.2, 0.25) is 5.91 Å². The van der Waals surface area contributed by atoms with Crippen molar-refractivity contribution < 1.29 is 9.59 Å². The molecule has 5 rings (SSSR count). The molecule has 0 saturated heterocycles. The normalized spacial score (nSPS) is 18.1. The molecule has 6 heteroatoms. The number of carbonyl (C=O) groups is 2. The molecule has 5 nitrogen and oxygen atoms in total. The second kappa shape index (κ2) is 7.60. The maximum atomic E-state index is 13.6. The van der Waals surface area contributed by atoms with Crippen LogP contribution in [0, 0.1) is 0 Å². The van der Waals surface area contributed by atoms with Gasteiger partial charge in [-0.05, 0) is 35.9 Å². The average Bonchev–Trinajstić information content (AvgIpc) is 3.20. The molecule has 154 valence electrons. The minimum Gasteiger partial charge on any atom is -0.361 e. The van der Waals surface area contributed by atoms with E-state index in [0.29, 0.717) is 16.3 Å². The van der Waals surface area contributed by atoms with Gasteiger partial charge in [0.1, 0.15) is 0 Å². The fraction of sp³-hybridized carbons (Fsp3) is 0.120. The highest BCUT2D eigenvalue weighted by Crippen LogP contribution is 2.44. The molecule has 0 unspecified atom stereocenters. The minimum atomic E-state index is -0.586. The summed E-state index contributed by atoms with van der Waals surface area (Å²) in [5, 5.41) is 4.53. The van der Waals surface area contributed by atoms with E-state index in [0.717, 1.165) is 22.0 Å². The summed E-state index contributed by atoms with van der Waals surface area (Å²) in [6.07, 6.45) is 1.90. The molecular weight excluding hydrogens is 410 g/mol. The van der Waals surface area contributed by atoms with Gasteiger partial charge in [-0.25, -0.2) is 0 Å². The fourth-order valence-electron chi connectivity index (χ4n) is 4.47. The molecule has 2 N–H and O–H groups in total. The molecule has 31 heavy (non-hydrogen) atoms. The van der Waals surface area contributed by atoms with E-state index in [1.54, 1.807) is 42.3 Å². The standard InChI is InChI=1S/C25H20ClN3O2/c1-29-23(20-14-27-21-12-5-4-9-17(20)21)22(18-10-2-3-11-19(18)25(29)31)24(30)28-16-8-6-7-15(26)13-16/h2-14,22-23,27H,1H3,(H,28,30)/t22-,23-/m0/s1. The second-order valence-corrected chi connectivity index (χ2v) is 8.15. The molecular formula is C25H20ClN3O2. The van der Waals surface area contributed by atoms with Crippen LogP contribution in [0.25, 0.3) is 10.9 Å². The number of para-hydroxylation sites is 1.